The van der Waals surface area contributed by atoms with Gasteiger partial charge in [0.15, 0.2) is 0 Å². The van der Waals surface area contributed by atoms with Gasteiger partial charge in [-0.05, 0) is 220 Å². The van der Waals surface area contributed by atoms with Gasteiger partial charge in [0.2, 0.25) is 0 Å². The molecule has 6 aromatic carbocycles. The summed E-state index contributed by atoms with van der Waals surface area (Å²) >= 11 is 12.5. The predicted molar refractivity (Wildman–Crippen MR) is 556 cm³/mol. The van der Waals surface area contributed by atoms with E-state index in [0.29, 0.717) is 148 Å². The van der Waals surface area contributed by atoms with Crippen LogP contribution < -0.4 is 28.7 Å². The van der Waals surface area contributed by atoms with Gasteiger partial charge in [0.1, 0.15) is 34.3 Å². The summed E-state index contributed by atoms with van der Waals surface area (Å²) in [7, 11) is -14.3. The lowest BCUT2D eigenvalue weighted by Gasteiger charge is -2.39. The number of pyridine rings is 2. The van der Waals surface area contributed by atoms with Crippen LogP contribution in [0.15, 0.2) is 200 Å². The monoisotopic (exact) mass is 2050 g/mol. The van der Waals surface area contributed by atoms with Crippen LogP contribution in [0.2, 0.25) is 10.0 Å². The number of H-pyrrole nitrogens is 2. The number of benzene rings is 6. The second kappa shape index (κ2) is 44.1. The first-order valence-corrected chi connectivity index (χ1v) is 56.1. The van der Waals surface area contributed by atoms with E-state index >= 15 is 0 Å². The van der Waals surface area contributed by atoms with Crippen LogP contribution in [0.3, 0.4) is 0 Å². The molecule has 10 aromatic rings. The molecule has 4 aliphatic heterocycles. The Hall–Kier alpha value is -11.3. The highest BCUT2D eigenvalue weighted by Crippen LogP contribution is 2.47. The average Bonchev–Trinajstić information content (AvgIpc) is 0.954. The summed E-state index contributed by atoms with van der Waals surface area (Å²) in [5.74, 6) is -0.724. The van der Waals surface area contributed by atoms with Gasteiger partial charge in [0.25, 0.3) is 55.1 Å². The van der Waals surface area contributed by atoms with E-state index in [4.69, 9.17) is 32.7 Å². The summed E-state index contributed by atoms with van der Waals surface area (Å²) < 4.78 is 107. The summed E-state index contributed by atoms with van der Waals surface area (Å²) in [4.78, 5) is 104. The van der Waals surface area contributed by atoms with E-state index in [1.165, 1.54) is 82.2 Å². The first-order valence-electron chi connectivity index (χ1n) is 48.7. The molecule has 142 heavy (non-hydrogen) atoms. The number of nitrogens with one attached hydrogen (secondary N) is 4. The van der Waals surface area contributed by atoms with E-state index in [9.17, 15) is 64.7 Å². The third-order valence-corrected chi connectivity index (χ3v) is 35.6. The Labute approximate surface area is 840 Å². The topological polar surface area (TPSA) is 401 Å². The van der Waals surface area contributed by atoms with Crippen molar-refractivity contribution in [1.29, 1.82) is 0 Å². The highest BCUT2D eigenvalue weighted by Gasteiger charge is 2.37. The molecule has 4 aromatic heterocycles. The number of aromatic nitrogens is 4. The Morgan fingerprint density at radius 3 is 1.29 bits per heavy atom. The molecular formula is C104H124Cl2N16O16S4. The van der Waals surface area contributed by atoms with Gasteiger partial charge in [-0.2, -0.15) is 8.73 Å². The summed E-state index contributed by atoms with van der Waals surface area (Å²) in [5.41, 5.74) is 11.4. The SMILES string of the molecule is CC(C)C(=O)N=S1(=O)CCN(CC[C@H](C)Cc2ccc(S(=O)(=O)NC(=O)c3ccc(N4CCN(CC5=C(c6ccc(Cl)cc6)CC(C)(C)CC5)CC4)cc3Oc3cnc4[nH]ccc4c3)cc2[N+](=O)[O-])CC1.C[C@@H](CCN1CCS(=O)(=NC(=O)C2CC2)CC1)Cc1ccc(S(=O)(=O)NC(=O)c2ccc(N3CCN(CC4=C(c5ccc(Cl)cc5)CC(C)(C)CC4)CC3)cc2Oc2cnc3[nH]ccc3c2)cc1[N+](=O)[O-]. The molecule has 0 radical (unpaired) electrons. The molecule has 1 saturated carbocycles. The van der Waals surface area contributed by atoms with Crippen molar-refractivity contribution in [2.75, 3.05) is 138 Å². The van der Waals surface area contributed by atoms with Crippen molar-refractivity contribution in [3.8, 4) is 23.0 Å². The van der Waals surface area contributed by atoms with Crippen LogP contribution in [0.4, 0.5) is 22.7 Å². The molecule has 754 valence electrons. The van der Waals surface area contributed by atoms with Gasteiger partial charge < -0.3 is 39.0 Å². The van der Waals surface area contributed by atoms with Crippen LogP contribution in [0, 0.1) is 54.7 Å². The number of nitro benzene ring substituents is 2. The standard InChI is InChI=1S/C52H61ClN8O8S2.C52H63ClN8O8S2/c1-35(16-19-58-24-26-70(66,27-25-58)56-50(62)37-4-5-37)28-38-8-12-44(31-47(38)61(64)65)71(67,68)57-51(63)45-13-11-42(30-48(45)69-43-29-39-15-18-54-49(39)55-33-43)60-22-20-59(21-23-60)34-40-14-17-52(2,3)32-46(40)36-6-9-41(53)10-7-36;1-35(2)50(62)56-70(66)26-24-58(25-27-70)19-16-36(3)28-38-8-12-44(31-47(38)61(64)65)71(67,68)57-51(63)45-13-11-42(30-48(45)69-43-29-39-15-18-54-49(39)55-33-43)60-22-20-59(21-23-60)34-40-14-17-52(4,5)32-46(40)37-6-9-41(53)10-7-37/h6-13,15,18,29-31,33,35,37H,4-5,14,16-17,19-28,32,34H2,1-3H3,(H,54,55)(H,57,63);6-13,15,18,29-31,33,35-36H,14,16-17,19-28,32,34H2,1-5H3,(H,54,55)(H,57,63)/t35-;36-/m00/s1. The number of hydrogen-bond donors (Lipinski definition) is 4. The molecular weight excluding hydrogens is 1930 g/mol. The lowest BCUT2D eigenvalue weighted by atomic mass is 9.72. The van der Waals surface area contributed by atoms with Crippen molar-refractivity contribution >= 4 is 142 Å². The van der Waals surface area contributed by atoms with Gasteiger partial charge in [0, 0.05) is 206 Å². The molecule has 17 rings (SSSR count). The zero-order valence-electron chi connectivity index (χ0n) is 81.4. The molecule has 4 amide bonds. The smallest absolute Gasteiger partial charge is 0.273 e. The number of ether oxygens (including phenoxy) is 2. The zero-order chi connectivity index (χ0) is 101. The Balaban J connectivity index is 0.000000204. The number of sulfonamides is 2. The number of allylic oxidation sites excluding steroid dienone is 2. The van der Waals surface area contributed by atoms with Crippen LogP contribution in [-0.4, -0.2) is 226 Å². The Kier molecular flexibility index (Phi) is 32.2. The highest BCUT2D eigenvalue weighted by molar-refractivity contribution is 7.94. The molecule has 4 saturated heterocycles. The van der Waals surface area contributed by atoms with E-state index in [1.54, 1.807) is 62.6 Å². The molecule has 38 heteroatoms. The zero-order valence-corrected chi connectivity index (χ0v) is 86.2. The first-order chi connectivity index (χ1) is 67.6. The largest absolute Gasteiger partial charge is 0.455 e. The molecule has 5 fully saturated rings. The van der Waals surface area contributed by atoms with Crippen LogP contribution in [0.1, 0.15) is 163 Å². The van der Waals surface area contributed by atoms with Crippen molar-refractivity contribution in [3.63, 3.8) is 0 Å². The fourth-order valence-corrected chi connectivity index (χ4v) is 25.5. The number of carbonyl (C=O) groups excluding carboxylic acids is 4. The van der Waals surface area contributed by atoms with Gasteiger partial charge in [-0.25, -0.2) is 44.7 Å². The number of rotatable bonds is 32. The predicted octanol–water partition coefficient (Wildman–Crippen LogP) is 18.5. The maximum Gasteiger partial charge on any atom is 0.273 e. The summed E-state index contributed by atoms with van der Waals surface area (Å²) in [5, 5.41) is 27.8. The molecule has 3 aliphatic carbocycles. The number of aromatic amines is 2. The molecule has 4 N–H and O–H groups in total. The maximum absolute atomic E-state index is 14.1. The lowest BCUT2D eigenvalue weighted by molar-refractivity contribution is -0.386. The summed E-state index contributed by atoms with van der Waals surface area (Å²) in [6.45, 7) is 28.0. The van der Waals surface area contributed by atoms with Crippen molar-refractivity contribution in [2.45, 2.75) is 142 Å². The fraction of sp³-hybridized carbons (Fsp3) is 0.442. The summed E-state index contributed by atoms with van der Waals surface area (Å²) in [6.07, 6.45) is 16.5. The molecule has 0 spiro atoms. The van der Waals surface area contributed by atoms with Crippen LogP contribution >= 0.6 is 23.2 Å². The second-order valence-electron chi connectivity index (χ2n) is 40.6. The van der Waals surface area contributed by atoms with Crippen molar-refractivity contribution in [3.05, 3.63) is 245 Å². The number of carbonyl (C=O) groups is 4. The number of hydrogen-bond acceptors (Lipinski definition) is 24. The third kappa shape index (κ3) is 26.4. The molecule has 0 bridgehead atoms. The van der Waals surface area contributed by atoms with E-state index in [1.807, 2.05) is 50.2 Å². The number of halogens is 2. The minimum absolute atomic E-state index is 0.0114. The highest BCUT2D eigenvalue weighted by atomic mass is 35.5. The summed E-state index contributed by atoms with van der Waals surface area (Å²) in [6, 6.07) is 41.0. The van der Waals surface area contributed by atoms with Gasteiger partial charge in [-0.3, -0.25) is 49.2 Å². The number of piperazine rings is 2. The van der Waals surface area contributed by atoms with E-state index in [2.05, 4.69) is 119 Å². The normalized spacial score (nSPS) is 18.6. The molecule has 32 nitrogen and oxygen atoms in total. The van der Waals surface area contributed by atoms with Gasteiger partial charge in [0.05, 0.1) is 62.6 Å². The quantitative estimate of drug-likeness (QED) is 0.0225. The average molecular weight is 2050 g/mol. The van der Waals surface area contributed by atoms with Gasteiger partial charge in [-0.15, -0.1) is 0 Å². The molecule has 2 atom stereocenters. The Morgan fingerprint density at radius 1 is 0.514 bits per heavy atom. The Bertz CT molecular complexity index is 6600. The lowest BCUT2D eigenvalue weighted by Crippen LogP contribution is -2.47. The minimum atomic E-state index is -4.61. The Morgan fingerprint density at radius 2 is 0.908 bits per heavy atom. The van der Waals surface area contributed by atoms with E-state index in [0.717, 1.165) is 135 Å². The van der Waals surface area contributed by atoms with Gasteiger partial charge >= 0.3 is 0 Å². The number of anilines is 2. The van der Waals surface area contributed by atoms with E-state index < -0.39 is 71.0 Å². The third-order valence-electron chi connectivity index (χ3n) is 28.1. The first kappa shape index (κ1) is 104. The van der Waals surface area contributed by atoms with Gasteiger partial charge in [-0.1, -0.05) is 126 Å². The molecule has 7 aliphatic rings. The number of nitrogens with zero attached hydrogens (tertiary/aromatic N) is 12. The number of nitro groups is 2. The van der Waals surface area contributed by atoms with Crippen LogP contribution in [0.25, 0.3) is 33.2 Å². The van der Waals surface area contributed by atoms with Crippen molar-refractivity contribution in [1.82, 2.24) is 49.0 Å². The van der Waals surface area contributed by atoms with Crippen LogP contribution in [0.5, 0.6) is 23.0 Å². The fourth-order valence-electron chi connectivity index (χ4n) is 19.3. The second-order valence-corrected chi connectivity index (χ2v) is 49.9. The maximum atomic E-state index is 14.1. The number of amides is 4. The minimum Gasteiger partial charge on any atom is -0.455 e. The van der Waals surface area contributed by atoms with Crippen molar-refractivity contribution < 1.29 is 63.8 Å². The van der Waals surface area contributed by atoms with E-state index in [-0.39, 0.29) is 80.3 Å². The number of fused-ring (bicyclic) bond motifs is 2. The van der Waals surface area contributed by atoms with Crippen molar-refractivity contribution in [2.24, 2.45) is 43.2 Å². The molecule has 0 unspecified atom stereocenters. The molecule has 8 heterocycles. The van der Waals surface area contributed by atoms with Crippen LogP contribution in [-0.2, 0) is 61.9 Å².